The van der Waals surface area contributed by atoms with E-state index in [2.05, 4.69) is 20.2 Å². The minimum Gasteiger partial charge on any atom is -0.360 e. The maximum Gasteiger partial charge on any atom is 0.246 e. The maximum absolute atomic E-state index is 12.2. The molecule has 0 aliphatic heterocycles. The summed E-state index contributed by atoms with van der Waals surface area (Å²) >= 11 is 1.24. The molecule has 0 aliphatic carbocycles. The molecule has 8 nitrogen and oxygen atoms in total. The highest BCUT2D eigenvalue weighted by Crippen LogP contribution is 2.19. The molecule has 0 bridgehead atoms. The zero-order chi connectivity index (χ0) is 15.6. The summed E-state index contributed by atoms with van der Waals surface area (Å²) < 4.78 is 31.6. The predicted octanol–water partition coefficient (Wildman–Crippen LogP) is 1.05. The first-order valence-electron chi connectivity index (χ1n) is 5.97. The Bertz CT molecular complexity index is 717. The van der Waals surface area contributed by atoms with Gasteiger partial charge in [0.05, 0.1) is 6.04 Å². The summed E-state index contributed by atoms with van der Waals surface area (Å²) in [6, 6.07) is -0.965. The molecule has 0 aliphatic rings. The second-order valence-electron chi connectivity index (χ2n) is 4.32. The monoisotopic (exact) mass is 330 g/mol. The molecule has 2 aromatic heterocycles. The average molecular weight is 330 g/mol. The quantitative estimate of drug-likeness (QED) is 0.847. The lowest BCUT2D eigenvalue weighted by Crippen LogP contribution is -2.41. The largest absolute Gasteiger partial charge is 0.360 e. The molecule has 0 aromatic carbocycles. The van der Waals surface area contributed by atoms with Crippen LogP contribution < -0.4 is 10.0 Å². The van der Waals surface area contributed by atoms with Crippen LogP contribution in [0, 0.1) is 13.8 Å². The van der Waals surface area contributed by atoms with E-state index in [1.165, 1.54) is 32.1 Å². The molecule has 0 fully saturated rings. The Hall–Kier alpha value is -1.78. The molecule has 0 spiro atoms. The molecule has 0 saturated carbocycles. The number of thiazole rings is 1. The summed E-state index contributed by atoms with van der Waals surface area (Å²) in [6.45, 7) is 4.46. The minimum absolute atomic E-state index is 0.0450. The Labute approximate surface area is 125 Å². The van der Waals surface area contributed by atoms with Gasteiger partial charge < -0.3 is 9.84 Å². The van der Waals surface area contributed by atoms with Crippen molar-refractivity contribution >= 4 is 32.4 Å². The maximum atomic E-state index is 12.2. The molecule has 0 radical (unpaired) electrons. The molecular weight excluding hydrogens is 316 g/mol. The zero-order valence-electron chi connectivity index (χ0n) is 11.6. The minimum atomic E-state index is -3.89. The number of rotatable bonds is 5. The van der Waals surface area contributed by atoms with Gasteiger partial charge in [0.25, 0.3) is 0 Å². The van der Waals surface area contributed by atoms with Crippen molar-refractivity contribution in [2.24, 2.45) is 0 Å². The fourth-order valence-electron chi connectivity index (χ4n) is 1.70. The fourth-order valence-corrected chi connectivity index (χ4v) is 3.77. The molecule has 2 N–H and O–H groups in total. The molecule has 2 heterocycles. The van der Waals surface area contributed by atoms with Gasteiger partial charge in [0, 0.05) is 11.6 Å². The van der Waals surface area contributed by atoms with E-state index in [4.69, 9.17) is 4.52 Å². The third-order valence-electron chi connectivity index (χ3n) is 2.62. The molecule has 0 unspecified atom stereocenters. The van der Waals surface area contributed by atoms with Crippen molar-refractivity contribution in [2.75, 3.05) is 5.32 Å². The van der Waals surface area contributed by atoms with Crippen molar-refractivity contribution in [3.05, 3.63) is 23.0 Å². The van der Waals surface area contributed by atoms with Crippen LogP contribution in [-0.4, -0.2) is 30.5 Å². The molecule has 10 heteroatoms. The van der Waals surface area contributed by atoms with E-state index in [-0.39, 0.29) is 16.3 Å². The van der Waals surface area contributed by atoms with Gasteiger partial charge in [-0.05, 0) is 20.8 Å². The van der Waals surface area contributed by atoms with E-state index in [0.29, 0.717) is 5.13 Å². The van der Waals surface area contributed by atoms with Crippen LogP contribution in [0.15, 0.2) is 21.0 Å². The Morgan fingerprint density at radius 2 is 2.14 bits per heavy atom. The number of anilines is 1. The summed E-state index contributed by atoms with van der Waals surface area (Å²) in [7, 11) is -3.89. The number of aryl methyl sites for hydroxylation is 2. The Morgan fingerprint density at radius 3 is 2.67 bits per heavy atom. The molecule has 21 heavy (non-hydrogen) atoms. The van der Waals surface area contributed by atoms with Gasteiger partial charge in [-0.15, -0.1) is 11.3 Å². The van der Waals surface area contributed by atoms with Crippen molar-refractivity contribution in [1.29, 1.82) is 0 Å². The van der Waals surface area contributed by atoms with E-state index < -0.39 is 22.0 Å². The van der Waals surface area contributed by atoms with E-state index in [1.807, 2.05) is 0 Å². The number of carbonyl (C=O) groups is 1. The highest BCUT2D eigenvalue weighted by atomic mass is 32.2. The smallest absolute Gasteiger partial charge is 0.246 e. The van der Waals surface area contributed by atoms with Crippen LogP contribution in [0.25, 0.3) is 0 Å². The lowest BCUT2D eigenvalue weighted by atomic mass is 10.3. The van der Waals surface area contributed by atoms with Gasteiger partial charge in [0.2, 0.25) is 15.9 Å². The summed E-state index contributed by atoms with van der Waals surface area (Å²) in [5, 5.41) is 8.22. The molecule has 1 amide bonds. The van der Waals surface area contributed by atoms with Crippen LogP contribution in [-0.2, 0) is 14.8 Å². The number of nitrogens with zero attached hydrogens (tertiary/aromatic N) is 2. The third-order valence-corrected chi connectivity index (χ3v) is 5.10. The van der Waals surface area contributed by atoms with Crippen molar-refractivity contribution in [1.82, 2.24) is 14.9 Å². The number of carbonyl (C=O) groups excluding carboxylic acids is 1. The molecular formula is C11H14N4O4S2. The highest BCUT2D eigenvalue weighted by Gasteiger charge is 2.28. The SMILES string of the molecule is Cc1noc(C)c1S(=O)(=O)N[C@@H](C)C(=O)Nc1nccs1. The van der Waals surface area contributed by atoms with Gasteiger partial charge in [-0.1, -0.05) is 5.16 Å². The molecule has 1 atom stereocenters. The van der Waals surface area contributed by atoms with Crippen LogP contribution in [0.3, 0.4) is 0 Å². The second kappa shape index (κ2) is 5.92. The van der Waals surface area contributed by atoms with Gasteiger partial charge in [-0.2, -0.15) is 4.72 Å². The Kier molecular flexibility index (Phi) is 4.40. The molecule has 2 aromatic rings. The first-order chi connectivity index (χ1) is 9.81. The van der Waals surface area contributed by atoms with E-state index in [1.54, 1.807) is 11.6 Å². The van der Waals surface area contributed by atoms with Gasteiger partial charge in [-0.3, -0.25) is 4.79 Å². The number of hydrogen-bond acceptors (Lipinski definition) is 7. The first kappa shape index (κ1) is 15.6. The van der Waals surface area contributed by atoms with Crippen molar-refractivity contribution in [2.45, 2.75) is 31.7 Å². The molecule has 114 valence electrons. The topological polar surface area (TPSA) is 114 Å². The van der Waals surface area contributed by atoms with Gasteiger partial charge in [-0.25, -0.2) is 13.4 Å². The molecule has 0 saturated heterocycles. The van der Waals surface area contributed by atoms with Crippen molar-refractivity contribution < 1.29 is 17.7 Å². The zero-order valence-corrected chi connectivity index (χ0v) is 13.2. The number of sulfonamides is 1. The second-order valence-corrected chi connectivity index (χ2v) is 6.87. The summed E-state index contributed by atoms with van der Waals surface area (Å²) in [5.41, 5.74) is 0.243. The number of hydrogen-bond donors (Lipinski definition) is 2. The van der Waals surface area contributed by atoms with Gasteiger partial charge in [0.1, 0.15) is 10.6 Å². The van der Waals surface area contributed by atoms with E-state index in [9.17, 15) is 13.2 Å². The van der Waals surface area contributed by atoms with Crippen LogP contribution in [0.1, 0.15) is 18.4 Å². The average Bonchev–Trinajstić information content (AvgIpc) is 2.99. The van der Waals surface area contributed by atoms with Gasteiger partial charge >= 0.3 is 0 Å². The van der Waals surface area contributed by atoms with Crippen LogP contribution in [0.5, 0.6) is 0 Å². The number of nitrogens with one attached hydrogen (secondary N) is 2. The standard InChI is InChI=1S/C11H14N4O4S2/c1-6-9(8(3)19-14-6)21(17,18)15-7(2)10(16)13-11-12-4-5-20-11/h4-5,7,15H,1-3H3,(H,12,13,16)/t7-/m0/s1. The Balaban J connectivity index is 2.11. The van der Waals surface area contributed by atoms with Gasteiger partial charge in [0.15, 0.2) is 10.9 Å². The van der Waals surface area contributed by atoms with Crippen LogP contribution >= 0.6 is 11.3 Å². The Morgan fingerprint density at radius 1 is 1.43 bits per heavy atom. The summed E-state index contributed by atoms with van der Waals surface area (Å²) in [4.78, 5) is 15.8. The van der Waals surface area contributed by atoms with Crippen molar-refractivity contribution in [3.63, 3.8) is 0 Å². The molecule has 2 rings (SSSR count). The first-order valence-corrected chi connectivity index (χ1v) is 8.33. The van der Waals surface area contributed by atoms with Crippen LogP contribution in [0.4, 0.5) is 5.13 Å². The fraction of sp³-hybridized carbons (Fsp3) is 0.364. The lowest BCUT2D eigenvalue weighted by Gasteiger charge is -2.13. The normalized spacial score (nSPS) is 13.1. The summed E-state index contributed by atoms with van der Waals surface area (Å²) in [6.07, 6.45) is 1.54. The number of aromatic nitrogens is 2. The number of amides is 1. The lowest BCUT2D eigenvalue weighted by molar-refractivity contribution is -0.117. The summed E-state index contributed by atoms with van der Waals surface area (Å²) in [5.74, 6) is -0.326. The highest BCUT2D eigenvalue weighted by molar-refractivity contribution is 7.89. The third kappa shape index (κ3) is 3.46. The predicted molar refractivity (Wildman–Crippen MR) is 76.5 cm³/mol. The van der Waals surface area contributed by atoms with E-state index in [0.717, 1.165) is 0 Å². The van der Waals surface area contributed by atoms with Crippen molar-refractivity contribution in [3.8, 4) is 0 Å². The van der Waals surface area contributed by atoms with Crippen LogP contribution in [0.2, 0.25) is 0 Å². The van der Waals surface area contributed by atoms with E-state index >= 15 is 0 Å².